The van der Waals surface area contributed by atoms with Crippen LogP contribution in [0.3, 0.4) is 0 Å². The van der Waals surface area contributed by atoms with Crippen LogP contribution in [0, 0.1) is 0 Å². The van der Waals surface area contributed by atoms with Gasteiger partial charge in [-0.3, -0.25) is 0 Å². The van der Waals surface area contributed by atoms with Crippen molar-refractivity contribution in [3.05, 3.63) is 95.2 Å². The molecule has 0 saturated carbocycles. The maximum Gasteiger partial charge on any atom is 0.334 e. The number of allylic oxidation sites excluding steroid dienone is 8. The number of hydrogen-bond donors (Lipinski definition) is 19. The molecule has 6 saturated heterocycles. The molecule has 6 fully saturated rings. The second-order valence-electron chi connectivity index (χ2n) is 30.0. The Morgan fingerprint density at radius 2 is 0.807 bits per heavy atom. The SMILES string of the molecule is C=C[C@](C)(CC/C=C(\C)CC/C=C(\C)CC(O)/C=C(\C)C(=O)O[C@H]1[C@H](OC[C@H]2O[C@@H](O[C@@H]3[C@@H](O)[C@H](C)O[C@@H](OC/C(C)=C\CC/C(C)=C/CC/C(C)=C/CC[C@@](C)(C=C)O[C@@H]4O[C@H](CO)[C@@H](O)[C@H](O)[C@H]4O[C@@H]4O[C@H](CO)[C@@H](O)[C@H](O)[C@H]4O)[C@@H]3O)[C@H](O)[C@@H](O)[C@@H]2O)O[C@@H](C)[C@H](O)[C@H]1O)O[C@@H]1O[C@H](CO)[C@@H](O)[C@H](O)[C@H]1O. The minimum absolute atomic E-state index is 0.00625. The summed E-state index contributed by atoms with van der Waals surface area (Å²) in [5, 5.41) is 202. The summed E-state index contributed by atoms with van der Waals surface area (Å²) >= 11 is 0. The van der Waals surface area contributed by atoms with Crippen LogP contribution in [0.25, 0.3) is 0 Å². The maximum atomic E-state index is 13.6. The van der Waals surface area contributed by atoms with Gasteiger partial charge in [0.1, 0.15) is 128 Å². The van der Waals surface area contributed by atoms with Gasteiger partial charge in [0.25, 0.3) is 0 Å². The molecule has 33 nitrogen and oxygen atoms in total. The van der Waals surface area contributed by atoms with Crippen molar-refractivity contribution in [1.29, 1.82) is 0 Å². The van der Waals surface area contributed by atoms with Crippen LogP contribution >= 0.6 is 0 Å². The highest BCUT2D eigenvalue weighted by Gasteiger charge is 2.55. The van der Waals surface area contributed by atoms with Crippen molar-refractivity contribution in [2.45, 2.75) is 341 Å². The third kappa shape index (κ3) is 26.1. The molecule has 0 aromatic rings. The largest absolute Gasteiger partial charge is 0.451 e. The van der Waals surface area contributed by atoms with Crippen molar-refractivity contribution >= 4 is 5.97 Å². The number of carbonyl (C=O) groups is 1. The van der Waals surface area contributed by atoms with Crippen molar-refractivity contribution in [3.8, 4) is 0 Å². The standard InChI is InChI=1S/C76H124O33/c1-13-75(11,108-72-63(94)57(88)53(84)47(33-78)102-72)28-18-26-39(5)22-16-24-40(6)30-45(80)31-42(8)68(96)105-66-59(90)50(81)43(9)100-73(66)98-36-49-55(86)58(89)62(93)71(104-49)106-65-51(82)44(10)99-69(64(65)95)97-35-41(7)25-17-23-37(3)20-15-21-38(4)27-19-29-76(12,14-2)109-74-67(60(91)54(85)48(34-79)103-74)107-70-61(92)56(87)52(83)46(32-77)101-70/h13-14,20,24-27,31,43-67,69-74,77-95H,1-2,15-19,21-23,28-30,32-36H2,3-12H3/b37-20+,38-27+,39-26+,40-24+,41-25-,42-31+/t43-,44-,45?,46+,47+,48+,49+,50-,51-,52+,53+,54+,55+,56-,57-,58-,59+,60-,61+,62+,63+,64+,65+,66+,67+,69+,70-,71-,72-,73+,74-,75+,76+/m0/s1. The molecule has 19 N–H and O–H groups in total. The fourth-order valence-electron chi connectivity index (χ4n) is 13.3. The Balaban J connectivity index is 0.941. The van der Waals surface area contributed by atoms with E-state index in [2.05, 4.69) is 19.2 Å². The van der Waals surface area contributed by atoms with Gasteiger partial charge in [-0.25, -0.2) is 4.79 Å². The molecule has 109 heavy (non-hydrogen) atoms. The molecule has 6 heterocycles. The van der Waals surface area contributed by atoms with Crippen LogP contribution in [0.15, 0.2) is 95.2 Å². The lowest BCUT2D eigenvalue weighted by Crippen LogP contribution is -2.65. The Hall–Kier alpha value is -3.85. The molecule has 0 bridgehead atoms. The van der Waals surface area contributed by atoms with E-state index in [4.69, 9.17) is 61.6 Å². The highest BCUT2D eigenvalue weighted by atomic mass is 16.8. The molecule has 6 aliphatic heterocycles. The lowest BCUT2D eigenvalue weighted by atomic mass is 9.95. The topological polar surface area (TPSA) is 521 Å². The van der Waals surface area contributed by atoms with E-state index < -0.39 is 234 Å². The van der Waals surface area contributed by atoms with Gasteiger partial charge in [-0.1, -0.05) is 70.4 Å². The molecule has 33 heteroatoms. The fraction of sp³-hybridized carbons (Fsp3) is 0.776. The highest BCUT2D eigenvalue weighted by Crippen LogP contribution is 2.37. The third-order valence-corrected chi connectivity index (χ3v) is 20.8. The third-order valence-electron chi connectivity index (χ3n) is 20.8. The van der Waals surface area contributed by atoms with Crippen LogP contribution in [0.5, 0.6) is 0 Å². The van der Waals surface area contributed by atoms with E-state index in [1.165, 1.54) is 32.9 Å². The molecule has 33 atom stereocenters. The van der Waals surface area contributed by atoms with Crippen molar-refractivity contribution in [3.63, 3.8) is 0 Å². The van der Waals surface area contributed by atoms with E-state index in [1.807, 2.05) is 58.9 Å². The van der Waals surface area contributed by atoms with Gasteiger partial charge >= 0.3 is 5.97 Å². The van der Waals surface area contributed by atoms with Gasteiger partial charge in [0, 0.05) is 5.57 Å². The number of aliphatic hydroxyl groups excluding tert-OH is 19. The summed E-state index contributed by atoms with van der Waals surface area (Å²) < 4.78 is 76.0. The lowest BCUT2D eigenvalue weighted by Gasteiger charge is -2.47. The fourth-order valence-corrected chi connectivity index (χ4v) is 13.3. The van der Waals surface area contributed by atoms with Crippen LogP contribution in [0.2, 0.25) is 0 Å². The maximum absolute atomic E-state index is 13.6. The number of esters is 1. The quantitative estimate of drug-likeness (QED) is 0.0194. The van der Waals surface area contributed by atoms with Gasteiger partial charge in [-0.05, 0) is 146 Å². The number of ether oxygens (including phenoxy) is 13. The Morgan fingerprint density at radius 3 is 1.31 bits per heavy atom. The van der Waals surface area contributed by atoms with Crippen LogP contribution in [-0.2, 0) is 66.4 Å². The van der Waals surface area contributed by atoms with Crippen molar-refractivity contribution in [2.24, 2.45) is 0 Å². The summed E-state index contributed by atoms with van der Waals surface area (Å²) in [6.07, 6.45) is -27.7. The van der Waals surface area contributed by atoms with Crippen LogP contribution in [0.1, 0.15) is 140 Å². The van der Waals surface area contributed by atoms with E-state index in [1.54, 1.807) is 19.9 Å². The second-order valence-corrected chi connectivity index (χ2v) is 30.0. The number of hydrogen-bond acceptors (Lipinski definition) is 33. The molecule has 6 rings (SSSR count). The van der Waals surface area contributed by atoms with Gasteiger partial charge in [0.05, 0.1) is 62.5 Å². The first kappa shape index (κ1) is 94.0. The summed E-state index contributed by atoms with van der Waals surface area (Å²) in [5.74, 6) is -1.01. The van der Waals surface area contributed by atoms with E-state index in [-0.39, 0.29) is 18.6 Å². The predicted octanol–water partition coefficient (Wildman–Crippen LogP) is -1.27. The van der Waals surface area contributed by atoms with Gasteiger partial charge in [0.2, 0.25) is 0 Å². The van der Waals surface area contributed by atoms with Crippen molar-refractivity contribution in [1.82, 2.24) is 0 Å². The molecule has 0 aromatic heterocycles. The number of aliphatic hydroxyl groups is 19. The van der Waals surface area contributed by atoms with E-state index >= 15 is 0 Å². The minimum atomic E-state index is -1.94. The van der Waals surface area contributed by atoms with Gasteiger partial charge in [-0.15, -0.1) is 13.2 Å². The molecule has 0 aliphatic carbocycles. The molecule has 1 unspecified atom stereocenters. The van der Waals surface area contributed by atoms with E-state index in [0.717, 1.165) is 40.7 Å². The average Bonchev–Trinajstić information content (AvgIpc) is 0.793. The first-order valence-electron chi connectivity index (χ1n) is 37.3. The zero-order chi connectivity index (χ0) is 81.1. The first-order valence-corrected chi connectivity index (χ1v) is 37.3. The Labute approximate surface area is 636 Å². The van der Waals surface area contributed by atoms with Crippen molar-refractivity contribution < 1.29 is 163 Å². The smallest absolute Gasteiger partial charge is 0.334 e. The zero-order valence-electron chi connectivity index (χ0n) is 64.0. The number of rotatable bonds is 39. The van der Waals surface area contributed by atoms with Crippen LogP contribution in [0.4, 0.5) is 0 Å². The average molecular weight is 1570 g/mol. The molecular formula is C76H124O33. The van der Waals surface area contributed by atoms with Crippen LogP contribution in [-0.4, -0.2) is 338 Å². The first-order chi connectivity index (χ1) is 51.3. The normalized spacial score (nSPS) is 39.8. The lowest BCUT2D eigenvalue weighted by molar-refractivity contribution is -0.375. The van der Waals surface area contributed by atoms with E-state index in [9.17, 15) is 102 Å². The Morgan fingerprint density at radius 1 is 0.413 bits per heavy atom. The minimum Gasteiger partial charge on any atom is -0.451 e. The Kier molecular flexibility index (Phi) is 37.7. The molecule has 626 valence electrons. The monoisotopic (exact) mass is 1560 g/mol. The van der Waals surface area contributed by atoms with E-state index in [0.29, 0.717) is 51.4 Å². The molecule has 6 aliphatic rings. The summed E-state index contributed by atoms with van der Waals surface area (Å²) in [6, 6.07) is 0. The molecule has 0 amide bonds. The number of carbonyl (C=O) groups excluding carboxylic acids is 1. The molecule has 0 radical (unpaired) electrons. The summed E-state index contributed by atoms with van der Waals surface area (Å²) in [6.45, 7) is 22.4. The van der Waals surface area contributed by atoms with Gasteiger partial charge in [0.15, 0.2) is 43.8 Å². The Bertz CT molecular complexity index is 3000. The predicted molar refractivity (Wildman–Crippen MR) is 385 cm³/mol. The highest BCUT2D eigenvalue weighted by molar-refractivity contribution is 5.88. The van der Waals surface area contributed by atoms with Gasteiger partial charge < -0.3 is 159 Å². The van der Waals surface area contributed by atoms with Gasteiger partial charge in [-0.2, -0.15) is 0 Å². The zero-order valence-corrected chi connectivity index (χ0v) is 64.0. The molecular weight excluding hydrogens is 1440 g/mol. The molecule has 0 spiro atoms. The second kappa shape index (κ2) is 43.8. The summed E-state index contributed by atoms with van der Waals surface area (Å²) in [7, 11) is 0. The molecule has 0 aromatic carbocycles. The summed E-state index contributed by atoms with van der Waals surface area (Å²) in [4.78, 5) is 13.6. The summed E-state index contributed by atoms with van der Waals surface area (Å²) in [5.41, 5.74) is 2.67. The van der Waals surface area contributed by atoms with Crippen LogP contribution < -0.4 is 0 Å². The van der Waals surface area contributed by atoms with Crippen molar-refractivity contribution in [2.75, 3.05) is 33.0 Å².